The summed E-state index contributed by atoms with van der Waals surface area (Å²) in [5, 5.41) is 40.6. The largest absolute Gasteiger partial charge is 0.487 e. The van der Waals surface area contributed by atoms with Gasteiger partial charge in [0.05, 0.1) is 6.61 Å². The highest BCUT2D eigenvalue weighted by Gasteiger charge is 2.48. The Balaban J connectivity index is 1.74. The van der Waals surface area contributed by atoms with Crippen molar-refractivity contribution < 1.29 is 34.6 Å². The maximum absolute atomic E-state index is 10.6. The van der Waals surface area contributed by atoms with Crippen LogP contribution in [0.15, 0.2) is 23.8 Å². The van der Waals surface area contributed by atoms with Crippen molar-refractivity contribution in [3.63, 3.8) is 0 Å². The van der Waals surface area contributed by atoms with Crippen LogP contribution < -0.4 is 9.47 Å². The monoisotopic (exact) mass is 476 g/mol. The van der Waals surface area contributed by atoms with Gasteiger partial charge in [0.2, 0.25) is 6.29 Å². The van der Waals surface area contributed by atoms with Crippen molar-refractivity contribution in [2.45, 2.75) is 108 Å². The molecule has 34 heavy (non-hydrogen) atoms. The molecule has 2 aliphatic heterocycles. The lowest BCUT2D eigenvalue weighted by Crippen LogP contribution is -2.60. The molecule has 0 unspecified atom stereocenters. The highest BCUT2D eigenvalue weighted by atomic mass is 16.7. The SMILES string of the molecule is CCCCCc1cc(O[C@@H]2O[C@H](CO)[C@@H](O)[C@H](O)[C@H]2O)c2c(c1)OC(C)(C)[C@@H]1CC=C(C)C[C@@H]21. The minimum absolute atomic E-state index is 0.188. The van der Waals surface area contributed by atoms with Gasteiger partial charge in [0, 0.05) is 17.4 Å². The van der Waals surface area contributed by atoms with Crippen LogP contribution in [0.25, 0.3) is 0 Å². The predicted molar refractivity (Wildman–Crippen MR) is 128 cm³/mol. The molecule has 0 radical (unpaired) electrons. The van der Waals surface area contributed by atoms with E-state index in [4.69, 9.17) is 14.2 Å². The van der Waals surface area contributed by atoms with Gasteiger partial charge in [0.15, 0.2) is 0 Å². The number of allylic oxidation sites excluding steroid dienone is 2. The van der Waals surface area contributed by atoms with Crippen molar-refractivity contribution in [2.75, 3.05) is 6.61 Å². The molecular formula is C27H40O7. The van der Waals surface area contributed by atoms with E-state index in [1.54, 1.807) is 0 Å². The molecule has 0 aromatic heterocycles. The summed E-state index contributed by atoms with van der Waals surface area (Å²) in [6.07, 6.45) is 1.67. The number of fused-ring (bicyclic) bond motifs is 3. The Morgan fingerprint density at radius 3 is 2.56 bits per heavy atom. The molecule has 0 amide bonds. The van der Waals surface area contributed by atoms with Crippen LogP contribution in [0, 0.1) is 5.92 Å². The van der Waals surface area contributed by atoms with E-state index in [-0.39, 0.29) is 17.4 Å². The van der Waals surface area contributed by atoms with E-state index in [1.807, 2.05) is 6.07 Å². The van der Waals surface area contributed by atoms with Gasteiger partial charge in [-0.2, -0.15) is 0 Å². The van der Waals surface area contributed by atoms with E-state index in [1.165, 1.54) is 5.57 Å². The van der Waals surface area contributed by atoms with Gasteiger partial charge in [-0.15, -0.1) is 0 Å². The molecule has 4 N–H and O–H groups in total. The van der Waals surface area contributed by atoms with Crippen LogP contribution in [0.1, 0.15) is 76.8 Å². The Hall–Kier alpha value is -1.64. The third-order valence-corrected chi connectivity index (χ3v) is 7.71. The zero-order chi connectivity index (χ0) is 24.6. The highest BCUT2D eigenvalue weighted by molar-refractivity contribution is 5.53. The molecule has 7 atom stereocenters. The van der Waals surface area contributed by atoms with Gasteiger partial charge in [0.25, 0.3) is 0 Å². The van der Waals surface area contributed by atoms with Gasteiger partial charge in [-0.1, -0.05) is 31.4 Å². The summed E-state index contributed by atoms with van der Waals surface area (Å²) in [5.74, 6) is 1.84. The zero-order valence-electron chi connectivity index (χ0n) is 20.7. The maximum atomic E-state index is 10.6. The van der Waals surface area contributed by atoms with Crippen molar-refractivity contribution in [1.82, 2.24) is 0 Å². The number of benzene rings is 1. The number of hydrogen-bond donors (Lipinski definition) is 4. The van der Waals surface area contributed by atoms with Crippen LogP contribution in [0.2, 0.25) is 0 Å². The second kappa shape index (κ2) is 10.2. The Morgan fingerprint density at radius 2 is 1.85 bits per heavy atom. The Bertz CT molecular complexity index is 893. The minimum Gasteiger partial charge on any atom is -0.487 e. The zero-order valence-corrected chi connectivity index (χ0v) is 20.7. The Morgan fingerprint density at radius 1 is 1.09 bits per heavy atom. The quantitative estimate of drug-likeness (QED) is 0.353. The molecule has 1 saturated heterocycles. The van der Waals surface area contributed by atoms with E-state index < -0.39 is 37.3 Å². The van der Waals surface area contributed by atoms with Gasteiger partial charge < -0.3 is 34.6 Å². The lowest BCUT2D eigenvalue weighted by atomic mass is 9.67. The lowest BCUT2D eigenvalue weighted by molar-refractivity contribution is -0.277. The average Bonchev–Trinajstić information content (AvgIpc) is 2.78. The molecule has 1 fully saturated rings. The second-order valence-corrected chi connectivity index (χ2v) is 10.7. The topological polar surface area (TPSA) is 109 Å². The number of rotatable bonds is 7. The normalized spacial score (nSPS) is 34.5. The Labute approximate surface area is 202 Å². The fraction of sp³-hybridized carbons (Fsp3) is 0.704. The molecular weight excluding hydrogens is 436 g/mol. The summed E-state index contributed by atoms with van der Waals surface area (Å²) in [5.41, 5.74) is 3.05. The van der Waals surface area contributed by atoms with Crippen molar-refractivity contribution in [1.29, 1.82) is 0 Å². The third-order valence-electron chi connectivity index (χ3n) is 7.71. The minimum atomic E-state index is -1.48. The van der Waals surface area contributed by atoms with Gasteiger partial charge in [0.1, 0.15) is 41.5 Å². The standard InChI is InChI=1S/C27H40O7/c1-5-6-7-8-16-12-19(32-26-25(31)24(30)23(29)21(14-28)33-26)22-17-11-15(2)9-10-18(17)27(3,4)34-20(22)13-16/h9,12-13,17-18,21,23-26,28-31H,5-8,10-11,14H2,1-4H3/t17-,18-,21-,23-,24+,25-,26-/m1/s1. The number of aliphatic hydroxyl groups excluding tert-OH is 4. The predicted octanol–water partition coefficient (Wildman–Crippen LogP) is 3.21. The molecule has 190 valence electrons. The molecule has 1 aromatic carbocycles. The Kier molecular flexibility index (Phi) is 7.60. The van der Waals surface area contributed by atoms with Gasteiger partial charge in [-0.25, -0.2) is 0 Å². The van der Waals surface area contributed by atoms with Crippen molar-refractivity contribution in [3.8, 4) is 11.5 Å². The van der Waals surface area contributed by atoms with Crippen LogP contribution in [-0.4, -0.2) is 63.3 Å². The maximum Gasteiger partial charge on any atom is 0.229 e. The summed E-state index contributed by atoms with van der Waals surface area (Å²) >= 11 is 0. The summed E-state index contributed by atoms with van der Waals surface area (Å²) in [6.45, 7) is 8.11. The first kappa shape index (κ1) is 25.5. The molecule has 0 saturated carbocycles. The third kappa shape index (κ3) is 4.86. The van der Waals surface area contributed by atoms with E-state index in [0.717, 1.165) is 55.4 Å². The number of unbranched alkanes of at least 4 members (excludes halogenated alkanes) is 2. The molecule has 0 spiro atoms. The molecule has 4 rings (SSSR count). The summed E-state index contributed by atoms with van der Waals surface area (Å²) in [7, 11) is 0. The van der Waals surface area contributed by atoms with Crippen LogP contribution in [0.4, 0.5) is 0 Å². The van der Waals surface area contributed by atoms with E-state index in [2.05, 4.69) is 39.8 Å². The van der Waals surface area contributed by atoms with Crippen molar-refractivity contribution >= 4 is 0 Å². The molecule has 1 aliphatic carbocycles. The number of aliphatic hydroxyl groups is 4. The first-order chi connectivity index (χ1) is 16.2. The first-order valence-electron chi connectivity index (χ1n) is 12.6. The van der Waals surface area contributed by atoms with Crippen LogP contribution in [-0.2, 0) is 11.2 Å². The second-order valence-electron chi connectivity index (χ2n) is 10.7. The van der Waals surface area contributed by atoms with Crippen LogP contribution in [0.5, 0.6) is 11.5 Å². The van der Waals surface area contributed by atoms with Gasteiger partial charge >= 0.3 is 0 Å². The molecule has 7 heteroatoms. The number of ether oxygens (including phenoxy) is 3. The fourth-order valence-electron chi connectivity index (χ4n) is 5.71. The van der Waals surface area contributed by atoms with Gasteiger partial charge in [-0.05, 0) is 64.2 Å². The van der Waals surface area contributed by atoms with Crippen LogP contribution >= 0.6 is 0 Å². The summed E-state index contributed by atoms with van der Waals surface area (Å²) in [6, 6.07) is 4.12. The van der Waals surface area contributed by atoms with E-state index >= 15 is 0 Å². The molecule has 2 heterocycles. The fourth-order valence-corrected chi connectivity index (χ4v) is 5.71. The van der Waals surface area contributed by atoms with Crippen LogP contribution in [0.3, 0.4) is 0 Å². The molecule has 0 bridgehead atoms. The number of hydrogen-bond acceptors (Lipinski definition) is 7. The van der Waals surface area contributed by atoms with E-state index in [0.29, 0.717) is 5.75 Å². The molecule has 3 aliphatic rings. The molecule has 1 aromatic rings. The highest BCUT2D eigenvalue weighted by Crippen LogP contribution is 2.54. The van der Waals surface area contributed by atoms with Crippen molar-refractivity contribution in [2.24, 2.45) is 5.92 Å². The molecule has 7 nitrogen and oxygen atoms in total. The van der Waals surface area contributed by atoms with E-state index in [9.17, 15) is 20.4 Å². The average molecular weight is 477 g/mol. The lowest BCUT2D eigenvalue weighted by Gasteiger charge is -2.47. The first-order valence-corrected chi connectivity index (χ1v) is 12.6. The smallest absolute Gasteiger partial charge is 0.229 e. The number of aryl methyl sites for hydroxylation is 1. The van der Waals surface area contributed by atoms with Gasteiger partial charge in [-0.3, -0.25) is 0 Å². The summed E-state index contributed by atoms with van der Waals surface area (Å²) < 4.78 is 18.5. The van der Waals surface area contributed by atoms with Crippen molar-refractivity contribution in [3.05, 3.63) is 34.9 Å². The summed E-state index contributed by atoms with van der Waals surface area (Å²) in [4.78, 5) is 0.